The fourth-order valence-electron chi connectivity index (χ4n) is 3.32. The lowest BCUT2D eigenvalue weighted by molar-refractivity contribution is -0.139. The van der Waals surface area contributed by atoms with E-state index < -0.39 is 17.9 Å². The maximum Gasteiger partial charge on any atom is 0.326 e. The van der Waals surface area contributed by atoms with Crippen LogP contribution in [0.5, 0.6) is 0 Å². The Balaban J connectivity index is 2.11. The largest absolute Gasteiger partial charge is 0.480 e. The van der Waals surface area contributed by atoms with Gasteiger partial charge in [0.25, 0.3) is 5.91 Å². The Kier molecular flexibility index (Phi) is 6.29. The first-order valence-corrected chi connectivity index (χ1v) is 8.75. The topological polar surface area (TPSA) is 92.2 Å². The Hall–Kier alpha value is -1.98. The van der Waals surface area contributed by atoms with Crippen LogP contribution in [0.25, 0.3) is 0 Å². The first-order valence-electron chi connectivity index (χ1n) is 8.75. The summed E-state index contributed by atoms with van der Waals surface area (Å²) >= 11 is 0. The number of rotatable bonds is 6. The van der Waals surface area contributed by atoms with Crippen LogP contribution in [0.3, 0.4) is 0 Å². The fraction of sp³-hybridized carbons (Fsp3) is 0.667. The van der Waals surface area contributed by atoms with E-state index >= 15 is 0 Å². The fourth-order valence-corrected chi connectivity index (χ4v) is 3.32. The lowest BCUT2D eigenvalue weighted by atomic mass is 9.85. The third-order valence-electron chi connectivity index (χ3n) is 4.63. The average molecular weight is 333 g/mol. The number of carboxylic acids is 1. The summed E-state index contributed by atoms with van der Waals surface area (Å²) < 4.78 is 0. The van der Waals surface area contributed by atoms with E-state index in [2.05, 4.69) is 15.3 Å². The van der Waals surface area contributed by atoms with Gasteiger partial charge in [0.05, 0.1) is 11.3 Å². The van der Waals surface area contributed by atoms with Gasteiger partial charge in [-0.1, -0.05) is 46.0 Å². The highest BCUT2D eigenvalue weighted by Gasteiger charge is 2.27. The van der Waals surface area contributed by atoms with Crippen molar-refractivity contribution in [3.05, 3.63) is 23.3 Å². The number of aliphatic carboxylic acids is 1. The molecule has 1 fully saturated rings. The molecule has 0 bridgehead atoms. The van der Waals surface area contributed by atoms with Gasteiger partial charge in [-0.2, -0.15) is 0 Å². The molecule has 1 atom stereocenters. The van der Waals surface area contributed by atoms with Crippen molar-refractivity contribution >= 4 is 11.9 Å². The molecule has 0 saturated heterocycles. The van der Waals surface area contributed by atoms with Crippen molar-refractivity contribution in [3.8, 4) is 0 Å². The van der Waals surface area contributed by atoms with E-state index in [4.69, 9.17) is 0 Å². The van der Waals surface area contributed by atoms with Gasteiger partial charge in [0.2, 0.25) is 0 Å². The number of carbonyl (C=O) groups is 2. The number of nitrogens with zero attached hydrogens (tertiary/aromatic N) is 2. The Morgan fingerprint density at radius 3 is 2.54 bits per heavy atom. The summed E-state index contributed by atoms with van der Waals surface area (Å²) in [6, 6.07) is -0.859. The van der Waals surface area contributed by atoms with E-state index in [-0.39, 0.29) is 5.92 Å². The molecule has 0 aliphatic heterocycles. The van der Waals surface area contributed by atoms with Gasteiger partial charge in [-0.15, -0.1) is 0 Å². The van der Waals surface area contributed by atoms with Crippen LogP contribution >= 0.6 is 0 Å². The second-order valence-electron chi connectivity index (χ2n) is 6.97. The van der Waals surface area contributed by atoms with Gasteiger partial charge in [0.1, 0.15) is 11.9 Å². The molecular weight excluding hydrogens is 306 g/mol. The molecule has 24 heavy (non-hydrogen) atoms. The van der Waals surface area contributed by atoms with Crippen LogP contribution in [0.1, 0.15) is 80.2 Å². The average Bonchev–Trinajstić information content (AvgIpc) is 2.54. The molecule has 6 heteroatoms. The van der Waals surface area contributed by atoms with E-state index in [9.17, 15) is 14.7 Å². The minimum absolute atomic E-state index is 0.0640. The molecule has 0 radical (unpaired) electrons. The third-order valence-corrected chi connectivity index (χ3v) is 4.63. The molecule has 1 aromatic heterocycles. The van der Waals surface area contributed by atoms with Gasteiger partial charge in [0.15, 0.2) is 0 Å². The van der Waals surface area contributed by atoms with Crippen LogP contribution in [0.15, 0.2) is 6.20 Å². The van der Waals surface area contributed by atoms with Crippen molar-refractivity contribution in [1.82, 2.24) is 15.3 Å². The molecule has 1 aliphatic carbocycles. The summed E-state index contributed by atoms with van der Waals surface area (Å²) in [5, 5.41) is 12.2. The first kappa shape index (κ1) is 18.4. The number of aryl methyl sites for hydroxylation is 1. The molecule has 0 spiro atoms. The van der Waals surface area contributed by atoms with Crippen LogP contribution in [-0.2, 0) is 4.79 Å². The predicted octanol–water partition coefficient (Wildman–Crippen LogP) is 3.06. The van der Waals surface area contributed by atoms with Crippen LogP contribution in [0, 0.1) is 12.8 Å². The summed E-state index contributed by atoms with van der Waals surface area (Å²) in [6.07, 6.45) is 7.59. The molecule has 1 unspecified atom stereocenters. The molecule has 2 rings (SSSR count). The third kappa shape index (κ3) is 4.76. The predicted molar refractivity (Wildman–Crippen MR) is 90.9 cm³/mol. The maximum atomic E-state index is 12.6. The minimum Gasteiger partial charge on any atom is -0.480 e. The number of carbonyl (C=O) groups excluding carboxylic acids is 1. The number of aromatic nitrogens is 2. The molecular formula is C18H27N3O3. The highest BCUT2D eigenvalue weighted by Crippen LogP contribution is 2.27. The van der Waals surface area contributed by atoms with Gasteiger partial charge < -0.3 is 10.4 Å². The highest BCUT2D eigenvalue weighted by atomic mass is 16.4. The van der Waals surface area contributed by atoms with E-state index in [1.807, 2.05) is 13.8 Å². The van der Waals surface area contributed by atoms with Crippen molar-refractivity contribution in [2.75, 3.05) is 0 Å². The number of hydrogen-bond acceptors (Lipinski definition) is 4. The molecule has 1 aliphatic rings. The SMILES string of the molecule is Cc1ncc(C(=O)NC(CC2CCCCC2)C(=O)O)c(C(C)C)n1. The summed E-state index contributed by atoms with van der Waals surface area (Å²) in [5.74, 6) is -0.338. The number of hydrogen-bond donors (Lipinski definition) is 2. The van der Waals surface area contributed by atoms with Crippen molar-refractivity contribution in [2.45, 2.75) is 71.3 Å². The van der Waals surface area contributed by atoms with Crippen molar-refractivity contribution in [1.29, 1.82) is 0 Å². The summed E-state index contributed by atoms with van der Waals surface area (Å²) in [6.45, 7) is 5.68. The van der Waals surface area contributed by atoms with Crippen molar-refractivity contribution < 1.29 is 14.7 Å². The van der Waals surface area contributed by atoms with Crippen LogP contribution in [0.4, 0.5) is 0 Å². The first-order chi connectivity index (χ1) is 11.4. The Bertz CT molecular complexity index is 595. The normalized spacial score (nSPS) is 16.8. The molecule has 1 aromatic rings. The zero-order valence-electron chi connectivity index (χ0n) is 14.7. The second-order valence-corrected chi connectivity index (χ2v) is 6.97. The Labute approximate surface area is 143 Å². The van der Waals surface area contributed by atoms with Gasteiger partial charge >= 0.3 is 5.97 Å². The van der Waals surface area contributed by atoms with E-state index in [0.29, 0.717) is 29.4 Å². The zero-order valence-corrected chi connectivity index (χ0v) is 14.7. The monoisotopic (exact) mass is 333 g/mol. The number of carboxylic acid groups (broad SMARTS) is 1. The molecule has 1 amide bonds. The van der Waals surface area contributed by atoms with E-state index in [0.717, 1.165) is 25.7 Å². The lowest BCUT2D eigenvalue weighted by Crippen LogP contribution is -2.42. The molecule has 0 aromatic carbocycles. The summed E-state index contributed by atoms with van der Waals surface area (Å²) in [5.41, 5.74) is 1.02. The quantitative estimate of drug-likeness (QED) is 0.834. The second kappa shape index (κ2) is 8.22. The molecule has 1 saturated carbocycles. The van der Waals surface area contributed by atoms with Crippen molar-refractivity contribution in [3.63, 3.8) is 0 Å². The van der Waals surface area contributed by atoms with Crippen LogP contribution in [-0.4, -0.2) is 33.0 Å². The Morgan fingerprint density at radius 1 is 1.29 bits per heavy atom. The van der Waals surface area contributed by atoms with E-state index in [1.165, 1.54) is 12.6 Å². The molecule has 6 nitrogen and oxygen atoms in total. The maximum absolute atomic E-state index is 12.6. The minimum atomic E-state index is -0.979. The molecule has 132 valence electrons. The lowest BCUT2D eigenvalue weighted by Gasteiger charge is -2.25. The number of nitrogens with one attached hydrogen (secondary N) is 1. The van der Waals surface area contributed by atoms with Gasteiger partial charge in [-0.3, -0.25) is 4.79 Å². The summed E-state index contributed by atoms with van der Waals surface area (Å²) in [7, 11) is 0. The zero-order chi connectivity index (χ0) is 17.7. The van der Waals surface area contributed by atoms with Crippen LogP contribution < -0.4 is 5.32 Å². The standard InChI is InChI=1S/C18H27N3O3/c1-11(2)16-14(10-19-12(3)20-16)17(22)21-15(18(23)24)9-13-7-5-4-6-8-13/h10-11,13,15H,4-9H2,1-3H3,(H,21,22)(H,23,24). The number of amides is 1. The highest BCUT2D eigenvalue weighted by molar-refractivity contribution is 5.97. The van der Waals surface area contributed by atoms with Gasteiger partial charge in [-0.25, -0.2) is 14.8 Å². The van der Waals surface area contributed by atoms with Gasteiger partial charge in [0, 0.05) is 6.20 Å². The van der Waals surface area contributed by atoms with Gasteiger partial charge in [-0.05, 0) is 25.2 Å². The molecule has 2 N–H and O–H groups in total. The summed E-state index contributed by atoms with van der Waals surface area (Å²) in [4.78, 5) is 32.6. The Morgan fingerprint density at radius 2 is 1.96 bits per heavy atom. The smallest absolute Gasteiger partial charge is 0.326 e. The van der Waals surface area contributed by atoms with Crippen molar-refractivity contribution in [2.24, 2.45) is 5.92 Å². The van der Waals surface area contributed by atoms with Crippen LogP contribution in [0.2, 0.25) is 0 Å². The molecule has 1 heterocycles. The van der Waals surface area contributed by atoms with E-state index in [1.54, 1.807) is 6.92 Å².